The molecule has 0 bridgehead atoms. The van der Waals surface area contributed by atoms with Crippen LogP contribution in [0, 0.1) is 5.92 Å². The van der Waals surface area contributed by atoms with Gasteiger partial charge in [0.2, 0.25) is 5.91 Å². The Kier molecular flexibility index (Phi) is 6.78. The van der Waals surface area contributed by atoms with Crippen LogP contribution in [-0.2, 0) is 11.2 Å². The van der Waals surface area contributed by atoms with Crippen LogP contribution in [0.2, 0.25) is 5.02 Å². The monoisotopic (exact) mass is 384 g/mol. The Hall–Kier alpha value is -2.00. The van der Waals surface area contributed by atoms with E-state index in [-0.39, 0.29) is 11.9 Å². The molecule has 1 aliphatic rings. The fourth-order valence-corrected chi connectivity index (χ4v) is 3.82. The second-order valence-electron chi connectivity index (χ2n) is 7.64. The molecule has 0 unspecified atom stereocenters. The summed E-state index contributed by atoms with van der Waals surface area (Å²) in [5.74, 6) is 0.887. The minimum Gasteiger partial charge on any atom is -0.372 e. The summed E-state index contributed by atoms with van der Waals surface area (Å²) < 4.78 is 0. The molecule has 27 heavy (non-hydrogen) atoms. The third kappa shape index (κ3) is 5.49. The first-order chi connectivity index (χ1) is 13.0. The molecule has 3 rings (SSSR count). The van der Waals surface area contributed by atoms with E-state index in [9.17, 15) is 4.79 Å². The highest BCUT2D eigenvalue weighted by Gasteiger charge is 2.16. The first-order valence-electron chi connectivity index (χ1n) is 9.90. The molecule has 1 heterocycles. The maximum Gasteiger partial charge on any atom is 0.220 e. The standard InChI is InChI=1S/C23H29ClN2O/c1-17-13-15-26(16-14-17)21-10-7-19(8-11-21)18(2)25-23(27)12-9-20-5-3-4-6-22(20)24/h3-8,10-11,17-18H,9,12-16H2,1-2H3,(H,25,27)/t18-/m1/s1. The summed E-state index contributed by atoms with van der Waals surface area (Å²) in [7, 11) is 0. The van der Waals surface area contributed by atoms with Crippen molar-refractivity contribution in [3.05, 3.63) is 64.7 Å². The van der Waals surface area contributed by atoms with Crippen LogP contribution in [0.5, 0.6) is 0 Å². The molecule has 0 aromatic heterocycles. The number of halogens is 1. The summed E-state index contributed by atoms with van der Waals surface area (Å²) in [5, 5.41) is 3.82. The number of rotatable bonds is 6. The van der Waals surface area contributed by atoms with E-state index in [1.165, 1.54) is 18.5 Å². The van der Waals surface area contributed by atoms with Gasteiger partial charge in [0.05, 0.1) is 6.04 Å². The summed E-state index contributed by atoms with van der Waals surface area (Å²) >= 11 is 6.16. The average Bonchev–Trinajstić information content (AvgIpc) is 2.68. The van der Waals surface area contributed by atoms with Gasteiger partial charge in [-0.3, -0.25) is 4.79 Å². The number of carbonyl (C=O) groups is 1. The SMILES string of the molecule is CC1CCN(c2ccc([C@@H](C)NC(=O)CCc3ccccc3Cl)cc2)CC1. The highest BCUT2D eigenvalue weighted by atomic mass is 35.5. The van der Waals surface area contributed by atoms with Gasteiger partial charge >= 0.3 is 0 Å². The van der Waals surface area contributed by atoms with Crippen LogP contribution < -0.4 is 10.2 Å². The van der Waals surface area contributed by atoms with Gasteiger partial charge in [-0.05, 0) is 61.4 Å². The van der Waals surface area contributed by atoms with Gasteiger partial charge in [0.25, 0.3) is 0 Å². The number of carbonyl (C=O) groups excluding carboxylic acids is 1. The van der Waals surface area contributed by atoms with Crippen LogP contribution >= 0.6 is 11.6 Å². The molecule has 144 valence electrons. The molecule has 1 atom stereocenters. The van der Waals surface area contributed by atoms with Gasteiger partial charge in [-0.25, -0.2) is 0 Å². The van der Waals surface area contributed by atoms with E-state index in [4.69, 9.17) is 11.6 Å². The third-order valence-electron chi connectivity index (χ3n) is 5.50. The van der Waals surface area contributed by atoms with Gasteiger partial charge in [0.15, 0.2) is 0 Å². The molecule has 0 radical (unpaired) electrons. The Balaban J connectivity index is 1.50. The number of anilines is 1. The Morgan fingerprint density at radius 3 is 2.48 bits per heavy atom. The van der Waals surface area contributed by atoms with Gasteiger partial charge in [-0.1, -0.05) is 48.9 Å². The molecular weight excluding hydrogens is 356 g/mol. The zero-order chi connectivity index (χ0) is 19.2. The lowest BCUT2D eigenvalue weighted by molar-refractivity contribution is -0.121. The van der Waals surface area contributed by atoms with Crippen LogP contribution in [0.3, 0.4) is 0 Å². The van der Waals surface area contributed by atoms with E-state index in [1.54, 1.807) is 0 Å². The smallest absolute Gasteiger partial charge is 0.220 e. The maximum atomic E-state index is 12.3. The number of aryl methyl sites for hydroxylation is 1. The topological polar surface area (TPSA) is 32.3 Å². The molecule has 2 aromatic carbocycles. The van der Waals surface area contributed by atoms with E-state index in [2.05, 4.69) is 41.4 Å². The van der Waals surface area contributed by atoms with E-state index >= 15 is 0 Å². The van der Waals surface area contributed by atoms with E-state index in [1.807, 2.05) is 31.2 Å². The summed E-state index contributed by atoms with van der Waals surface area (Å²) in [6.45, 7) is 6.63. The molecule has 0 spiro atoms. The van der Waals surface area contributed by atoms with Crippen molar-refractivity contribution in [2.24, 2.45) is 5.92 Å². The van der Waals surface area contributed by atoms with Crippen molar-refractivity contribution in [3.8, 4) is 0 Å². The number of hydrogen-bond acceptors (Lipinski definition) is 2. The predicted octanol–water partition coefficient (Wildman–Crippen LogP) is 5.39. The maximum absolute atomic E-state index is 12.3. The summed E-state index contributed by atoms with van der Waals surface area (Å²) in [5.41, 5.74) is 3.43. The van der Waals surface area contributed by atoms with Crippen molar-refractivity contribution in [2.75, 3.05) is 18.0 Å². The Morgan fingerprint density at radius 1 is 1.15 bits per heavy atom. The molecule has 4 heteroatoms. The van der Waals surface area contributed by atoms with Crippen LogP contribution in [-0.4, -0.2) is 19.0 Å². The molecule has 2 aromatic rings. The number of benzene rings is 2. The molecule has 1 aliphatic heterocycles. The van der Waals surface area contributed by atoms with Crippen molar-refractivity contribution in [1.29, 1.82) is 0 Å². The largest absolute Gasteiger partial charge is 0.372 e. The third-order valence-corrected chi connectivity index (χ3v) is 5.87. The Bertz CT molecular complexity index is 751. The van der Waals surface area contributed by atoms with Gasteiger partial charge in [-0.2, -0.15) is 0 Å². The molecule has 3 nitrogen and oxygen atoms in total. The molecule has 0 saturated carbocycles. The molecule has 1 fully saturated rings. The summed E-state index contributed by atoms with van der Waals surface area (Å²) in [6.07, 6.45) is 3.63. The first-order valence-corrected chi connectivity index (χ1v) is 10.3. The second-order valence-corrected chi connectivity index (χ2v) is 8.05. The summed E-state index contributed by atoms with van der Waals surface area (Å²) in [6, 6.07) is 16.3. The van der Waals surface area contributed by atoms with Crippen molar-refractivity contribution >= 4 is 23.2 Å². The minimum atomic E-state index is -0.000765. The number of piperidine rings is 1. The normalized spacial score (nSPS) is 16.2. The lowest BCUT2D eigenvalue weighted by Gasteiger charge is -2.32. The Labute approximate surface area is 167 Å². The molecule has 0 aliphatic carbocycles. The number of nitrogens with zero attached hydrogens (tertiary/aromatic N) is 1. The van der Waals surface area contributed by atoms with E-state index in [0.717, 1.165) is 35.2 Å². The quantitative estimate of drug-likeness (QED) is 0.724. The predicted molar refractivity (Wildman–Crippen MR) is 113 cm³/mol. The average molecular weight is 385 g/mol. The molecule has 1 saturated heterocycles. The number of nitrogens with one attached hydrogen (secondary N) is 1. The van der Waals surface area contributed by atoms with Crippen molar-refractivity contribution in [1.82, 2.24) is 5.32 Å². The number of amides is 1. The zero-order valence-electron chi connectivity index (χ0n) is 16.2. The van der Waals surface area contributed by atoms with Crippen LogP contribution in [0.25, 0.3) is 0 Å². The van der Waals surface area contributed by atoms with Crippen molar-refractivity contribution < 1.29 is 4.79 Å². The van der Waals surface area contributed by atoms with Crippen molar-refractivity contribution in [2.45, 2.75) is 45.6 Å². The van der Waals surface area contributed by atoms with Crippen LogP contribution in [0.4, 0.5) is 5.69 Å². The molecule has 1 N–H and O–H groups in total. The van der Waals surface area contributed by atoms with E-state index in [0.29, 0.717) is 12.8 Å². The lowest BCUT2D eigenvalue weighted by Crippen LogP contribution is -2.32. The van der Waals surface area contributed by atoms with Gasteiger partial charge in [0, 0.05) is 30.2 Å². The van der Waals surface area contributed by atoms with Gasteiger partial charge in [0.1, 0.15) is 0 Å². The minimum absolute atomic E-state index is 0.000765. The second kappa shape index (κ2) is 9.27. The van der Waals surface area contributed by atoms with E-state index < -0.39 is 0 Å². The number of hydrogen-bond donors (Lipinski definition) is 1. The van der Waals surface area contributed by atoms with Gasteiger partial charge in [-0.15, -0.1) is 0 Å². The zero-order valence-corrected chi connectivity index (χ0v) is 17.0. The fourth-order valence-electron chi connectivity index (χ4n) is 3.59. The lowest BCUT2D eigenvalue weighted by atomic mass is 9.98. The Morgan fingerprint density at radius 2 is 1.81 bits per heavy atom. The first kappa shape index (κ1) is 19.8. The van der Waals surface area contributed by atoms with Crippen LogP contribution in [0.15, 0.2) is 48.5 Å². The summed E-state index contributed by atoms with van der Waals surface area (Å²) in [4.78, 5) is 14.7. The van der Waals surface area contributed by atoms with Crippen LogP contribution in [0.1, 0.15) is 50.3 Å². The highest BCUT2D eigenvalue weighted by Crippen LogP contribution is 2.24. The molecular formula is C23H29ClN2O. The van der Waals surface area contributed by atoms with Crippen molar-refractivity contribution in [3.63, 3.8) is 0 Å². The fraction of sp³-hybridized carbons (Fsp3) is 0.435. The molecule has 1 amide bonds. The highest BCUT2D eigenvalue weighted by molar-refractivity contribution is 6.31. The van der Waals surface area contributed by atoms with Gasteiger partial charge < -0.3 is 10.2 Å².